The van der Waals surface area contributed by atoms with Crippen molar-refractivity contribution in [3.63, 3.8) is 0 Å². The molecule has 1 aliphatic heterocycles. The van der Waals surface area contributed by atoms with E-state index >= 15 is 0 Å². The first-order valence-corrected chi connectivity index (χ1v) is 6.94. The zero-order valence-corrected chi connectivity index (χ0v) is 10.8. The second kappa shape index (κ2) is 5.83. The molecule has 0 spiro atoms. The molecule has 2 fully saturated rings. The Hall–Kier alpha value is -0.610. The molecule has 0 bridgehead atoms. The monoisotopic (exact) mass is 239 g/mol. The molecule has 4 nitrogen and oxygen atoms in total. The molecule has 2 atom stereocenters. The maximum Gasteiger partial charge on any atom is 0.231 e. The molecular formula is C13H25N3O. The number of nitrogens with two attached hydrogens (primary N) is 1. The number of carbonyl (C=O) groups is 1. The Balaban J connectivity index is 1.85. The Kier molecular flexibility index (Phi) is 4.40. The first kappa shape index (κ1) is 12.8. The maximum atomic E-state index is 11.0. The number of rotatable bonds is 6. The van der Waals surface area contributed by atoms with E-state index in [4.69, 9.17) is 5.73 Å². The first-order valence-electron chi connectivity index (χ1n) is 6.94. The summed E-state index contributed by atoms with van der Waals surface area (Å²) < 4.78 is 0. The van der Waals surface area contributed by atoms with Crippen LogP contribution >= 0.6 is 0 Å². The number of hydrogen-bond donors (Lipinski definition) is 2. The Morgan fingerprint density at radius 2 is 2.12 bits per heavy atom. The highest BCUT2D eigenvalue weighted by Crippen LogP contribution is 2.25. The average molecular weight is 239 g/mol. The van der Waals surface area contributed by atoms with E-state index in [1.165, 1.54) is 32.1 Å². The van der Waals surface area contributed by atoms with Crippen LogP contribution in [-0.4, -0.2) is 42.5 Å². The molecule has 1 saturated heterocycles. The summed E-state index contributed by atoms with van der Waals surface area (Å²) in [4.78, 5) is 13.3. The van der Waals surface area contributed by atoms with Gasteiger partial charge in [0.2, 0.25) is 5.91 Å². The van der Waals surface area contributed by atoms with Crippen molar-refractivity contribution in [2.75, 3.05) is 19.6 Å². The molecule has 2 unspecified atom stereocenters. The zero-order chi connectivity index (χ0) is 12.3. The number of carbonyl (C=O) groups excluding carboxylic acids is 1. The van der Waals surface area contributed by atoms with E-state index in [0.29, 0.717) is 12.6 Å². The number of nitrogens with zero attached hydrogens (tertiary/aromatic N) is 1. The van der Waals surface area contributed by atoms with Gasteiger partial charge in [0.1, 0.15) is 0 Å². The fourth-order valence-electron chi connectivity index (χ4n) is 2.97. The van der Waals surface area contributed by atoms with Crippen LogP contribution in [0, 0.1) is 5.92 Å². The topological polar surface area (TPSA) is 58.4 Å². The van der Waals surface area contributed by atoms with Gasteiger partial charge in [-0.05, 0) is 31.6 Å². The Bertz CT molecular complexity index is 265. The number of primary amides is 1. The van der Waals surface area contributed by atoms with E-state index in [1.54, 1.807) is 0 Å². The summed E-state index contributed by atoms with van der Waals surface area (Å²) in [6.45, 7) is 4.68. The fraction of sp³-hybridized carbons (Fsp3) is 0.923. The summed E-state index contributed by atoms with van der Waals surface area (Å²) in [5, 5.41) is 3.69. The fourth-order valence-corrected chi connectivity index (χ4v) is 2.97. The predicted octanol–water partition coefficient (Wildman–Crippen LogP) is 0.714. The molecule has 0 aromatic rings. The highest BCUT2D eigenvalue weighted by Gasteiger charge is 2.31. The summed E-state index contributed by atoms with van der Waals surface area (Å²) in [6, 6.07) is 1.31. The van der Waals surface area contributed by atoms with Crippen molar-refractivity contribution < 1.29 is 4.79 Å². The molecule has 2 aliphatic rings. The van der Waals surface area contributed by atoms with Crippen LogP contribution in [0.5, 0.6) is 0 Å². The third-order valence-electron chi connectivity index (χ3n) is 3.74. The molecule has 2 rings (SSSR count). The van der Waals surface area contributed by atoms with E-state index in [1.807, 2.05) is 0 Å². The molecule has 0 aromatic heterocycles. The Labute approximate surface area is 104 Å². The highest BCUT2D eigenvalue weighted by molar-refractivity contribution is 5.75. The molecule has 1 heterocycles. The summed E-state index contributed by atoms with van der Waals surface area (Å²) >= 11 is 0. The van der Waals surface area contributed by atoms with Crippen molar-refractivity contribution >= 4 is 5.91 Å². The molecule has 1 amide bonds. The summed E-state index contributed by atoms with van der Waals surface area (Å²) in [7, 11) is 0. The molecule has 98 valence electrons. The summed E-state index contributed by atoms with van der Waals surface area (Å²) in [5.41, 5.74) is 5.30. The van der Waals surface area contributed by atoms with Crippen molar-refractivity contribution in [2.24, 2.45) is 11.7 Å². The van der Waals surface area contributed by atoms with Crippen LogP contribution < -0.4 is 11.1 Å². The van der Waals surface area contributed by atoms with Crippen LogP contribution in [0.1, 0.15) is 39.0 Å². The van der Waals surface area contributed by atoms with Gasteiger partial charge in [-0.2, -0.15) is 0 Å². The molecular weight excluding hydrogens is 214 g/mol. The number of nitrogens with one attached hydrogen (secondary N) is 1. The predicted molar refractivity (Wildman–Crippen MR) is 68.6 cm³/mol. The quantitative estimate of drug-likeness (QED) is 0.718. The first-order chi connectivity index (χ1) is 8.17. The molecule has 17 heavy (non-hydrogen) atoms. The van der Waals surface area contributed by atoms with Crippen molar-refractivity contribution in [2.45, 2.75) is 51.1 Å². The van der Waals surface area contributed by atoms with E-state index in [0.717, 1.165) is 25.0 Å². The molecule has 3 N–H and O–H groups in total. The van der Waals surface area contributed by atoms with Crippen molar-refractivity contribution in [1.82, 2.24) is 10.2 Å². The van der Waals surface area contributed by atoms with E-state index in [2.05, 4.69) is 17.1 Å². The van der Waals surface area contributed by atoms with Crippen LogP contribution in [0.2, 0.25) is 0 Å². The van der Waals surface area contributed by atoms with Gasteiger partial charge in [0.05, 0.1) is 6.54 Å². The normalized spacial score (nSPS) is 30.4. The van der Waals surface area contributed by atoms with Crippen LogP contribution in [0.15, 0.2) is 0 Å². The lowest BCUT2D eigenvalue weighted by Gasteiger charge is -2.37. The van der Waals surface area contributed by atoms with E-state index < -0.39 is 0 Å². The van der Waals surface area contributed by atoms with Gasteiger partial charge in [-0.15, -0.1) is 0 Å². The largest absolute Gasteiger partial charge is 0.369 e. The molecule has 0 radical (unpaired) electrons. The van der Waals surface area contributed by atoms with Gasteiger partial charge in [0.25, 0.3) is 0 Å². The Morgan fingerprint density at radius 3 is 2.71 bits per heavy atom. The lowest BCUT2D eigenvalue weighted by molar-refractivity contribution is -0.119. The van der Waals surface area contributed by atoms with Crippen molar-refractivity contribution in [3.8, 4) is 0 Å². The van der Waals surface area contributed by atoms with Crippen LogP contribution in [0.3, 0.4) is 0 Å². The van der Waals surface area contributed by atoms with Crippen LogP contribution in [-0.2, 0) is 4.79 Å². The van der Waals surface area contributed by atoms with Crippen LogP contribution in [0.4, 0.5) is 0 Å². The number of amides is 1. The second-order valence-electron chi connectivity index (χ2n) is 5.69. The lowest BCUT2D eigenvalue weighted by Crippen LogP contribution is -2.51. The molecule has 1 saturated carbocycles. The SMILES string of the molecule is CCCC1CC(NC2CC2)CN(CC(N)=O)C1. The van der Waals surface area contributed by atoms with Crippen LogP contribution in [0.25, 0.3) is 0 Å². The molecule has 0 aromatic carbocycles. The van der Waals surface area contributed by atoms with Gasteiger partial charge in [0.15, 0.2) is 0 Å². The maximum absolute atomic E-state index is 11.0. The average Bonchev–Trinajstić information content (AvgIpc) is 3.00. The van der Waals surface area contributed by atoms with Gasteiger partial charge in [-0.1, -0.05) is 13.3 Å². The van der Waals surface area contributed by atoms with Gasteiger partial charge in [0, 0.05) is 25.2 Å². The minimum absolute atomic E-state index is 0.202. The van der Waals surface area contributed by atoms with E-state index in [9.17, 15) is 4.79 Å². The third kappa shape index (κ3) is 4.28. The standard InChI is InChI=1S/C13H25N3O/c1-2-3-10-6-12(15-11-4-5-11)8-16(7-10)9-13(14)17/h10-12,15H,2-9H2,1H3,(H2,14,17). The lowest BCUT2D eigenvalue weighted by atomic mass is 9.90. The van der Waals surface area contributed by atoms with Crippen molar-refractivity contribution in [3.05, 3.63) is 0 Å². The zero-order valence-electron chi connectivity index (χ0n) is 10.8. The number of likely N-dealkylation sites (tertiary alicyclic amines) is 1. The number of hydrogen-bond acceptors (Lipinski definition) is 3. The van der Waals surface area contributed by atoms with Gasteiger partial charge in [-0.3, -0.25) is 9.69 Å². The number of piperidine rings is 1. The summed E-state index contributed by atoms with van der Waals surface area (Å²) in [5.74, 6) is 0.525. The summed E-state index contributed by atoms with van der Waals surface area (Å²) in [6.07, 6.45) is 6.40. The minimum atomic E-state index is -0.202. The third-order valence-corrected chi connectivity index (χ3v) is 3.74. The molecule has 4 heteroatoms. The second-order valence-corrected chi connectivity index (χ2v) is 5.69. The minimum Gasteiger partial charge on any atom is -0.369 e. The smallest absolute Gasteiger partial charge is 0.231 e. The van der Waals surface area contributed by atoms with Gasteiger partial charge < -0.3 is 11.1 Å². The molecule has 1 aliphatic carbocycles. The Morgan fingerprint density at radius 1 is 1.35 bits per heavy atom. The van der Waals surface area contributed by atoms with Gasteiger partial charge in [-0.25, -0.2) is 0 Å². The van der Waals surface area contributed by atoms with Gasteiger partial charge >= 0.3 is 0 Å². The van der Waals surface area contributed by atoms with E-state index in [-0.39, 0.29) is 5.91 Å². The highest BCUT2D eigenvalue weighted by atomic mass is 16.1. The van der Waals surface area contributed by atoms with Crippen molar-refractivity contribution in [1.29, 1.82) is 0 Å².